The number of aliphatic hydroxyl groups is 1. The van der Waals surface area contributed by atoms with E-state index >= 15 is 0 Å². The number of hydrogen-bond donors (Lipinski definition) is 5. The zero-order chi connectivity index (χ0) is 34.9. The molecule has 11 nitrogen and oxygen atoms in total. The van der Waals surface area contributed by atoms with Gasteiger partial charge in [0.1, 0.15) is 11.9 Å². The van der Waals surface area contributed by atoms with Crippen LogP contribution in [-0.2, 0) is 17.8 Å². The highest BCUT2D eigenvalue weighted by Gasteiger charge is 2.31. The lowest BCUT2D eigenvalue weighted by Crippen LogP contribution is -2.47. The first-order valence-electron chi connectivity index (χ1n) is 17.3. The van der Waals surface area contributed by atoms with Crippen LogP contribution in [0.1, 0.15) is 67.4 Å². The number of anilines is 3. The first-order valence-corrected chi connectivity index (χ1v) is 17.3. The van der Waals surface area contributed by atoms with E-state index < -0.39 is 0 Å². The van der Waals surface area contributed by atoms with E-state index in [4.69, 9.17) is 10.5 Å². The minimum atomic E-state index is -0.355. The molecule has 4 amide bonds. The van der Waals surface area contributed by atoms with Crippen LogP contribution in [0.2, 0.25) is 0 Å². The molecule has 6 N–H and O–H groups in total. The van der Waals surface area contributed by atoms with Gasteiger partial charge < -0.3 is 36.4 Å². The van der Waals surface area contributed by atoms with E-state index in [1.54, 1.807) is 29.2 Å². The molecule has 0 radical (unpaired) electrons. The Kier molecular flexibility index (Phi) is 12.1. The summed E-state index contributed by atoms with van der Waals surface area (Å²) in [7, 11) is 2.01. The summed E-state index contributed by atoms with van der Waals surface area (Å²) in [5, 5.41) is 18.9. The molecule has 49 heavy (non-hydrogen) atoms. The maximum Gasteiger partial charge on any atom is 0.319 e. The first-order chi connectivity index (χ1) is 23.6. The van der Waals surface area contributed by atoms with Gasteiger partial charge in [0.05, 0.1) is 30.4 Å². The zero-order valence-corrected chi connectivity index (χ0v) is 28.8. The summed E-state index contributed by atoms with van der Waals surface area (Å²) in [5.41, 5.74) is 9.89. The van der Waals surface area contributed by atoms with E-state index in [0.29, 0.717) is 53.6 Å². The fourth-order valence-electron chi connectivity index (χ4n) is 6.57. The highest BCUT2D eigenvalue weighted by Crippen LogP contribution is 2.30. The van der Waals surface area contributed by atoms with Gasteiger partial charge >= 0.3 is 6.03 Å². The molecule has 3 atom stereocenters. The standard InChI is InChI=1S/C38H50N6O5/c1-25-21-44(26(2)24-45)36(46)20-29-19-31(41-38(48)40-30-9-5-4-6-10-30)17-18-34(29)49-35(25)23-43(3)22-27-13-15-28(16-14-27)37(47)42-33-12-8-7-11-32(33)39/h7-8,11-19,25-26,30,35,45H,4-6,9-10,20-24,39H2,1-3H3,(H,42,47)(H2,40,41,48)/t25-,26+,35-/m0/s1. The molecule has 1 aliphatic heterocycles. The van der Waals surface area contributed by atoms with E-state index in [9.17, 15) is 19.5 Å². The molecule has 11 heteroatoms. The zero-order valence-electron chi connectivity index (χ0n) is 28.8. The Labute approximate surface area is 289 Å². The number of fused-ring (bicyclic) bond motifs is 1. The molecule has 0 aromatic heterocycles. The van der Waals surface area contributed by atoms with Crippen molar-refractivity contribution in [1.82, 2.24) is 15.1 Å². The average Bonchev–Trinajstić information content (AvgIpc) is 3.13. The minimum absolute atomic E-state index is 0.0538. The summed E-state index contributed by atoms with van der Waals surface area (Å²) in [6.07, 6.45) is 5.23. The molecule has 3 aromatic carbocycles. The molecule has 0 saturated heterocycles. The van der Waals surface area contributed by atoms with Crippen LogP contribution in [-0.4, -0.2) is 77.7 Å². The van der Waals surface area contributed by atoms with Gasteiger partial charge in [-0.3, -0.25) is 14.5 Å². The number of nitrogens with zero attached hydrogens (tertiary/aromatic N) is 2. The summed E-state index contributed by atoms with van der Waals surface area (Å²) in [6.45, 7) is 5.37. The highest BCUT2D eigenvalue weighted by molar-refractivity contribution is 6.05. The van der Waals surface area contributed by atoms with Crippen LogP contribution in [0.3, 0.4) is 0 Å². The van der Waals surface area contributed by atoms with Crippen LogP contribution in [0.5, 0.6) is 5.75 Å². The maximum absolute atomic E-state index is 13.6. The van der Waals surface area contributed by atoms with Gasteiger partial charge in [0, 0.05) is 48.4 Å². The summed E-state index contributed by atoms with van der Waals surface area (Å²) in [4.78, 5) is 43.1. The Hall–Kier alpha value is -4.61. The molecular formula is C38H50N6O5. The fourth-order valence-corrected chi connectivity index (χ4v) is 6.57. The quantitative estimate of drug-likeness (QED) is 0.185. The number of aliphatic hydroxyl groups excluding tert-OH is 1. The number of nitrogens with one attached hydrogen (secondary N) is 3. The number of carbonyl (C=O) groups excluding carboxylic acids is 3. The number of urea groups is 1. The van der Waals surface area contributed by atoms with E-state index in [0.717, 1.165) is 31.2 Å². The van der Waals surface area contributed by atoms with E-state index in [1.807, 2.05) is 56.4 Å². The van der Waals surface area contributed by atoms with Crippen LogP contribution >= 0.6 is 0 Å². The number of nitrogen functional groups attached to an aromatic ring is 1. The van der Waals surface area contributed by atoms with Crippen LogP contribution in [0.4, 0.5) is 21.9 Å². The third-order valence-electron chi connectivity index (χ3n) is 9.48. The van der Waals surface area contributed by atoms with E-state index in [-0.39, 0.29) is 55.0 Å². The normalized spacial score (nSPS) is 19.1. The SMILES string of the molecule is C[C@H](CO)N1C[C@H](C)[C@H](CN(C)Cc2ccc(C(=O)Nc3ccccc3N)cc2)Oc2ccc(NC(=O)NC3CCCCC3)cc2CC1=O. The number of para-hydroxylation sites is 2. The molecule has 1 fully saturated rings. The second-order valence-corrected chi connectivity index (χ2v) is 13.6. The van der Waals surface area contributed by atoms with Crippen molar-refractivity contribution in [2.45, 2.75) is 77.1 Å². The average molecular weight is 671 g/mol. The number of rotatable bonds is 10. The van der Waals surface area contributed by atoms with Crippen molar-refractivity contribution >= 4 is 34.9 Å². The molecule has 0 spiro atoms. The molecular weight excluding hydrogens is 620 g/mol. The van der Waals surface area contributed by atoms with Gasteiger partial charge in [-0.15, -0.1) is 0 Å². The Morgan fingerprint density at radius 3 is 2.49 bits per heavy atom. The third-order valence-corrected chi connectivity index (χ3v) is 9.48. The van der Waals surface area contributed by atoms with Crippen molar-refractivity contribution in [3.8, 4) is 5.75 Å². The lowest BCUT2D eigenvalue weighted by molar-refractivity contribution is -0.134. The van der Waals surface area contributed by atoms with Crippen molar-refractivity contribution in [1.29, 1.82) is 0 Å². The molecule has 0 unspecified atom stereocenters. The monoisotopic (exact) mass is 670 g/mol. The van der Waals surface area contributed by atoms with Gasteiger partial charge in [-0.1, -0.05) is 50.5 Å². The Morgan fingerprint density at radius 1 is 1.04 bits per heavy atom. The number of benzene rings is 3. The number of likely N-dealkylation sites (N-methyl/N-ethyl adjacent to an activating group) is 1. The molecule has 0 bridgehead atoms. The van der Waals surface area contributed by atoms with Gasteiger partial charge in [-0.05, 0) is 74.8 Å². The lowest BCUT2D eigenvalue weighted by Gasteiger charge is -2.34. The molecule has 5 rings (SSSR count). The molecule has 1 saturated carbocycles. The summed E-state index contributed by atoms with van der Waals surface area (Å²) >= 11 is 0. The Bertz CT molecular complexity index is 1590. The van der Waals surface area contributed by atoms with Crippen molar-refractivity contribution in [2.24, 2.45) is 5.92 Å². The number of carbonyl (C=O) groups is 3. The molecule has 1 heterocycles. The van der Waals surface area contributed by atoms with Crippen LogP contribution in [0, 0.1) is 5.92 Å². The number of ether oxygens (including phenoxy) is 1. The van der Waals surface area contributed by atoms with Gasteiger partial charge in [0.2, 0.25) is 5.91 Å². The summed E-state index contributed by atoms with van der Waals surface area (Å²) in [5.74, 6) is 0.213. The number of amides is 4. The third kappa shape index (κ3) is 9.73. The largest absolute Gasteiger partial charge is 0.488 e. The molecule has 262 valence electrons. The number of hydrogen-bond acceptors (Lipinski definition) is 7. The van der Waals surface area contributed by atoms with Crippen molar-refractivity contribution in [3.05, 3.63) is 83.4 Å². The minimum Gasteiger partial charge on any atom is -0.488 e. The predicted octanol–water partition coefficient (Wildman–Crippen LogP) is 5.26. The molecule has 1 aliphatic carbocycles. The maximum atomic E-state index is 13.6. The number of nitrogens with two attached hydrogens (primary N) is 1. The Balaban J connectivity index is 1.27. The highest BCUT2D eigenvalue weighted by atomic mass is 16.5. The van der Waals surface area contributed by atoms with Crippen LogP contribution < -0.4 is 26.4 Å². The van der Waals surface area contributed by atoms with Gasteiger partial charge in [-0.25, -0.2) is 4.79 Å². The Morgan fingerprint density at radius 2 is 1.78 bits per heavy atom. The molecule has 3 aromatic rings. The van der Waals surface area contributed by atoms with Crippen LogP contribution in [0.25, 0.3) is 0 Å². The van der Waals surface area contributed by atoms with Gasteiger partial charge in [0.25, 0.3) is 5.91 Å². The van der Waals surface area contributed by atoms with Crippen molar-refractivity contribution in [2.75, 3.05) is 43.1 Å². The summed E-state index contributed by atoms with van der Waals surface area (Å²) in [6, 6.07) is 19.6. The van der Waals surface area contributed by atoms with Crippen molar-refractivity contribution in [3.63, 3.8) is 0 Å². The van der Waals surface area contributed by atoms with E-state index in [2.05, 4.69) is 27.8 Å². The fraction of sp³-hybridized carbons (Fsp3) is 0.447. The smallest absolute Gasteiger partial charge is 0.319 e. The van der Waals surface area contributed by atoms with E-state index in [1.165, 1.54) is 6.42 Å². The first kappa shape index (κ1) is 35.7. The predicted molar refractivity (Wildman–Crippen MR) is 193 cm³/mol. The van der Waals surface area contributed by atoms with Gasteiger partial charge in [-0.2, -0.15) is 0 Å². The van der Waals surface area contributed by atoms with Crippen LogP contribution in [0.15, 0.2) is 66.7 Å². The van der Waals surface area contributed by atoms with Gasteiger partial charge in [0.15, 0.2) is 0 Å². The topological polar surface area (TPSA) is 149 Å². The molecule has 2 aliphatic rings. The lowest BCUT2D eigenvalue weighted by atomic mass is 9.96. The second-order valence-electron chi connectivity index (χ2n) is 13.6. The summed E-state index contributed by atoms with van der Waals surface area (Å²) < 4.78 is 6.67. The van der Waals surface area contributed by atoms with Crippen molar-refractivity contribution < 1.29 is 24.2 Å². The second kappa shape index (κ2) is 16.7.